The van der Waals surface area contributed by atoms with E-state index >= 15 is 0 Å². The number of carbonyl (C=O) groups is 1. The summed E-state index contributed by atoms with van der Waals surface area (Å²) in [7, 11) is -2.14. The van der Waals surface area contributed by atoms with Crippen molar-refractivity contribution in [3.63, 3.8) is 0 Å². The lowest BCUT2D eigenvalue weighted by Crippen LogP contribution is -2.25. The molecule has 0 unspecified atom stereocenters. The highest BCUT2D eigenvalue weighted by atomic mass is 32.2. The van der Waals surface area contributed by atoms with Gasteiger partial charge in [-0.1, -0.05) is 6.07 Å². The maximum atomic E-state index is 12.4. The number of rotatable bonds is 10. The average molecular weight is 392 g/mol. The third-order valence-electron chi connectivity index (χ3n) is 3.88. The topological polar surface area (TPSA) is 105 Å². The Balaban J connectivity index is 2.03. The highest BCUT2D eigenvalue weighted by molar-refractivity contribution is 7.89. The zero-order valence-corrected chi connectivity index (χ0v) is 16.0. The summed E-state index contributed by atoms with van der Waals surface area (Å²) in [5, 5.41) is 11.5. The van der Waals surface area contributed by atoms with Crippen LogP contribution in [0.4, 0.5) is 5.69 Å². The summed E-state index contributed by atoms with van der Waals surface area (Å²) in [6, 6.07) is 12.7. The standard InChI is InChI=1S/C19H24N2O5S/c1-26-17-10-8-16(9-11-17)21-19(23)15-6-5-7-18(14-15)27(24,25)20-12-3-2-4-13-22/h5-11,14,20,22H,2-4,12-13H2,1H3,(H,21,23). The molecule has 0 atom stereocenters. The van der Waals surface area contributed by atoms with Crippen LogP contribution in [0.1, 0.15) is 29.6 Å². The second kappa shape index (κ2) is 10.1. The summed E-state index contributed by atoms with van der Waals surface area (Å²) in [6.07, 6.45) is 2.02. The molecular formula is C19H24N2O5S. The zero-order chi connectivity index (χ0) is 19.7. The molecule has 146 valence electrons. The van der Waals surface area contributed by atoms with E-state index in [9.17, 15) is 13.2 Å². The quantitative estimate of drug-likeness (QED) is 0.539. The molecule has 0 bridgehead atoms. The van der Waals surface area contributed by atoms with Crippen LogP contribution in [0.15, 0.2) is 53.4 Å². The number of sulfonamides is 1. The van der Waals surface area contributed by atoms with Crippen LogP contribution < -0.4 is 14.8 Å². The molecule has 0 radical (unpaired) electrons. The summed E-state index contributed by atoms with van der Waals surface area (Å²) in [5.74, 6) is 0.270. The molecule has 7 nitrogen and oxygen atoms in total. The Morgan fingerprint density at radius 3 is 2.48 bits per heavy atom. The van der Waals surface area contributed by atoms with Gasteiger partial charge in [-0.2, -0.15) is 0 Å². The lowest BCUT2D eigenvalue weighted by Gasteiger charge is -2.09. The number of hydrogen-bond acceptors (Lipinski definition) is 5. The van der Waals surface area contributed by atoms with Crippen LogP contribution in [0.5, 0.6) is 5.75 Å². The largest absolute Gasteiger partial charge is 0.497 e. The summed E-state index contributed by atoms with van der Waals surface area (Å²) < 4.78 is 32.3. The Kier molecular flexibility index (Phi) is 7.78. The van der Waals surface area contributed by atoms with Crippen molar-refractivity contribution in [3.05, 3.63) is 54.1 Å². The van der Waals surface area contributed by atoms with Gasteiger partial charge in [-0.3, -0.25) is 4.79 Å². The predicted octanol–water partition coefficient (Wildman–Crippen LogP) is 2.39. The van der Waals surface area contributed by atoms with Gasteiger partial charge in [-0.15, -0.1) is 0 Å². The summed E-state index contributed by atoms with van der Waals surface area (Å²) in [4.78, 5) is 12.4. The molecule has 1 amide bonds. The number of unbranched alkanes of at least 4 members (excludes halogenated alkanes) is 2. The summed E-state index contributed by atoms with van der Waals surface area (Å²) >= 11 is 0. The number of aliphatic hydroxyl groups excluding tert-OH is 1. The Hall–Kier alpha value is -2.42. The first-order valence-electron chi connectivity index (χ1n) is 8.62. The van der Waals surface area contributed by atoms with Crippen molar-refractivity contribution in [3.8, 4) is 5.75 Å². The Morgan fingerprint density at radius 1 is 1.07 bits per heavy atom. The molecule has 0 saturated carbocycles. The second-order valence-electron chi connectivity index (χ2n) is 5.89. The molecule has 8 heteroatoms. The van der Waals surface area contributed by atoms with Crippen molar-refractivity contribution in [2.75, 3.05) is 25.6 Å². The third-order valence-corrected chi connectivity index (χ3v) is 5.34. The summed E-state index contributed by atoms with van der Waals surface area (Å²) in [5.41, 5.74) is 0.824. The number of hydrogen-bond donors (Lipinski definition) is 3. The molecule has 2 rings (SSSR count). The van der Waals surface area contributed by atoms with Crippen molar-refractivity contribution in [1.29, 1.82) is 0 Å². The minimum absolute atomic E-state index is 0.0343. The molecule has 0 heterocycles. The molecule has 2 aromatic carbocycles. The van der Waals surface area contributed by atoms with E-state index in [2.05, 4.69) is 10.0 Å². The van der Waals surface area contributed by atoms with E-state index in [1.54, 1.807) is 37.4 Å². The highest BCUT2D eigenvalue weighted by Crippen LogP contribution is 2.17. The fourth-order valence-electron chi connectivity index (χ4n) is 2.39. The number of benzene rings is 2. The Morgan fingerprint density at radius 2 is 1.81 bits per heavy atom. The van der Waals surface area contributed by atoms with Crippen LogP contribution in [0.3, 0.4) is 0 Å². The number of aliphatic hydroxyl groups is 1. The van der Waals surface area contributed by atoms with Gasteiger partial charge < -0.3 is 15.2 Å². The third kappa shape index (κ3) is 6.35. The normalized spacial score (nSPS) is 11.2. The van der Waals surface area contributed by atoms with Crippen molar-refractivity contribution in [1.82, 2.24) is 4.72 Å². The first-order valence-corrected chi connectivity index (χ1v) is 10.1. The highest BCUT2D eigenvalue weighted by Gasteiger charge is 2.16. The molecule has 0 aliphatic heterocycles. The van der Waals surface area contributed by atoms with Gasteiger partial charge in [-0.05, 0) is 61.7 Å². The molecule has 0 aliphatic rings. The van der Waals surface area contributed by atoms with Gasteiger partial charge in [-0.25, -0.2) is 13.1 Å². The Bertz CT molecular complexity index is 851. The number of carbonyl (C=O) groups excluding carboxylic acids is 1. The van der Waals surface area contributed by atoms with Gasteiger partial charge in [0.2, 0.25) is 10.0 Å². The molecule has 0 saturated heterocycles. The van der Waals surface area contributed by atoms with Crippen LogP contribution >= 0.6 is 0 Å². The van der Waals surface area contributed by atoms with Crippen molar-refractivity contribution in [2.45, 2.75) is 24.2 Å². The minimum atomic E-state index is -3.69. The number of methoxy groups -OCH3 is 1. The fourth-order valence-corrected chi connectivity index (χ4v) is 3.51. The van der Waals surface area contributed by atoms with E-state index in [-0.39, 0.29) is 23.6 Å². The lowest BCUT2D eigenvalue weighted by molar-refractivity contribution is 0.102. The zero-order valence-electron chi connectivity index (χ0n) is 15.1. The van der Waals surface area contributed by atoms with E-state index in [0.717, 1.165) is 6.42 Å². The number of amides is 1. The first-order chi connectivity index (χ1) is 13.0. The van der Waals surface area contributed by atoms with E-state index < -0.39 is 15.9 Å². The Labute approximate surface area is 159 Å². The van der Waals surface area contributed by atoms with E-state index in [0.29, 0.717) is 24.3 Å². The molecular weight excluding hydrogens is 368 g/mol. The van der Waals surface area contributed by atoms with Gasteiger partial charge in [0.1, 0.15) is 5.75 Å². The number of nitrogens with one attached hydrogen (secondary N) is 2. The maximum Gasteiger partial charge on any atom is 0.255 e. The number of anilines is 1. The van der Waals surface area contributed by atoms with Crippen molar-refractivity contribution < 1.29 is 23.1 Å². The average Bonchev–Trinajstić information content (AvgIpc) is 2.68. The van der Waals surface area contributed by atoms with Crippen LogP contribution in [0, 0.1) is 0 Å². The minimum Gasteiger partial charge on any atom is -0.497 e. The monoisotopic (exact) mass is 392 g/mol. The van der Waals surface area contributed by atoms with Crippen molar-refractivity contribution in [2.24, 2.45) is 0 Å². The van der Waals surface area contributed by atoms with E-state index in [4.69, 9.17) is 9.84 Å². The maximum absolute atomic E-state index is 12.4. The molecule has 27 heavy (non-hydrogen) atoms. The predicted molar refractivity (Wildman–Crippen MR) is 104 cm³/mol. The van der Waals surface area contributed by atoms with E-state index in [1.165, 1.54) is 18.2 Å². The first kappa shape index (κ1) is 20.9. The fraction of sp³-hybridized carbons (Fsp3) is 0.316. The number of ether oxygens (including phenoxy) is 1. The van der Waals surface area contributed by atoms with Gasteiger partial charge in [0.15, 0.2) is 0 Å². The molecule has 0 fully saturated rings. The molecule has 0 aliphatic carbocycles. The smallest absolute Gasteiger partial charge is 0.255 e. The van der Waals surface area contributed by atoms with Crippen LogP contribution in [-0.2, 0) is 10.0 Å². The molecule has 0 aromatic heterocycles. The summed E-state index contributed by atoms with van der Waals surface area (Å²) in [6.45, 7) is 0.378. The lowest BCUT2D eigenvalue weighted by atomic mass is 10.2. The van der Waals surface area contributed by atoms with Gasteiger partial charge >= 0.3 is 0 Å². The van der Waals surface area contributed by atoms with Gasteiger partial charge in [0.25, 0.3) is 5.91 Å². The molecule has 0 spiro atoms. The van der Waals surface area contributed by atoms with Crippen LogP contribution in [-0.4, -0.2) is 39.7 Å². The van der Waals surface area contributed by atoms with Crippen molar-refractivity contribution >= 4 is 21.6 Å². The second-order valence-corrected chi connectivity index (χ2v) is 7.66. The van der Waals surface area contributed by atoms with E-state index in [1.807, 2.05) is 0 Å². The van der Waals surface area contributed by atoms with Crippen LogP contribution in [0.2, 0.25) is 0 Å². The SMILES string of the molecule is COc1ccc(NC(=O)c2cccc(S(=O)(=O)NCCCCCO)c2)cc1. The van der Waals surface area contributed by atoms with Gasteiger partial charge in [0, 0.05) is 24.4 Å². The van der Waals surface area contributed by atoms with Gasteiger partial charge in [0.05, 0.1) is 12.0 Å². The van der Waals surface area contributed by atoms with Crippen LogP contribution in [0.25, 0.3) is 0 Å². The molecule has 3 N–H and O–H groups in total. The molecule has 2 aromatic rings.